The first-order chi connectivity index (χ1) is 6.41. The molecule has 13 heavy (non-hydrogen) atoms. The Labute approximate surface area is 84.8 Å². The molecule has 0 aromatic rings. The number of hydrogen-bond acceptors (Lipinski definition) is 1. The second kappa shape index (κ2) is 5.64. The molecule has 1 aliphatic carbocycles. The molecule has 1 saturated carbocycles. The predicted molar refractivity (Wildman–Crippen MR) is 61.1 cm³/mol. The van der Waals surface area contributed by atoms with E-state index in [1.807, 2.05) is 13.8 Å². The van der Waals surface area contributed by atoms with Gasteiger partial charge < -0.3 is 5.32 Å². The monoisotopic (exact) mass is 185 g/mol. The van der Waals surface area contributed by atoms with Gasteiger partial charge in [-0.05, 0) is 37.6 Å². The Bertz CT molecular complexity index is 105. The van der Waals surface area contributed by atoms with E-state index in [4.69, 9.17) is 0 Å². The van der Waals surface area contributed by atoms with Crippen molar-refractivity contribution in [2.24, 2.45) is 5.41 Å². The molecule has 0 amide bonds. The standard InChI is InChI=1S/C10H19N.C2H6.H2/c1-2-5-10(6-3-1)7-4-8-11-9-10;1-2;/h11H,1-9H2;1-2H3;1H. The van der Waals surface area contributed by atoms with Crippen molar-refractivity contribution in [3.8, 4) is 0 Å². The minimum atomic E-state index is 0. The molecule has 1 heterocycles. The van der Waals surface area contributed by atoms with Gasteiger partial charge >= 0.3 is 0 Å². The summed E-state index contributed by atoms with van der Waals surface area (Å²) in [6.07, 6.45) is 10.4. The molecule has 2 fully saturated rings. The Morgan fingerprint density at radius 1 is 0.923 bits per heavy atom. The van der Waals surface area contributed by atoms with Crippen molar-refractivity contribution < 1.29 is 1.43 Å². The lowest BCUT2D eigenvalue weighted by Gasteiger charge is -2.40. The third-order valence-corrected chi connectivity index (χ3v) is 3.47. The Hall–Kier alpha value is -0.0400. The van der Waals surface area contributed by atoms with Crippen molar-refractivity contribution in [1.82, 2.24) is 5.32 Å². The molecule has 1 saturated heterocycles. The molecule has 0 aromatic carbocycles. The van der Waals surface area contributed by atoms with Gasteiger partial charge in [-0.15, -0.1) is 0 Å². The second-order valence-corrected chi connectivity index (χ2v) is 4.34. The molecule has 1 N–H and O–H groups in total. The molecule has 0 bridgehead atoms. The Morgan fingerprint density at radius 2 is 1.54 bits per heavy atom. The van der Waals surface area contributed by atoms with E-state index in [2.05, 4.69) is 5.32 Å². The Kier molecular flexibility index (Phi) is 4.79. The molecule has 1 heteroatoms. The van der Waals surface area contributed by atoms with Crippen LogP contribution in [0.2, 0.25) is 0 Å². The highest BCUT2D eigenvalue weighted by molar-refractivity contribution is 4.87. The molecule has 1 nitrogen and oxygen atoms in total. The average Bonchev–Trinajstić information content (AvgIpc) is 2.23. The first kappa shape index (κ1) is 11.0. The van der Waals surface area contributed by atoms with Crippen LogP contribution < -0.4 is 5.32 Å². The third kappa shape index (κ3) is 2.98. The van der Waals surface area contributed by atoms with Crippen LogP contribution >= 0.6 is 0 Å². The summed E-state index contributed by atoms with van der Waals surface area (Å²) in [6.45, 7) is 6.58. The minimum absolute atomic E-state index is 0. The highest BCUT2D eigenvalue weighted by Gasteiger charge is 2.32. The lowest BCUT2D eigenvalue weighted by atomic mass is 9.70. The summed E-state index contributed by atoms with van der Waals surface area (Å²) in [6, 6.07) is 0. The van der Waals surface area contributed by atoms with E-state index in [1.165, 1.54) is 58.0 Å². The lowest BCUT2D eigenvalue weighted by Crippen LogP contribution is -2.41. The Balaban J connectivity index is 0.000000531. The largest absolute Gasteiger partial charge is 0.316 e. The topological polar surface area (TPSA) is 12.0 Å². The predicted octanol–water partition coefficient (Wildman–Crippen LogP) is 3.59. The van der Waals surface area contributed by atoms with Crippen LogP contribution in [0, 0.1) is 5.41 Å². The minimum Gasteiger partial charge on any atom is -0.316 e. The average molecular weight is 185 g/mol. The van der Waals surface area contributed by atoms with Crippen LogP contribution in [0.1, 0.15) is 60.2 Å². The quantitative estimate of drug-likeness (QED) is 0.608. The van der Waals surface area contributed by atoms with Crippen LogP contribution in [0.4, 0.5) is 0 Å². The fourth-order valence-electron chi connectivity index (χ4n) is 2.76. The highest BCUT2D eigenvalue weighted by Crippen LogP contribution is 2.40. The van der Waals surface area contributed by atoms with E-state index in [0.717, 1.165) is 5.41 Å². The zero-order valence-electron chi connectivity index (χ0n) is 9.36. The highest BCUT2D eigenvalue weighted by atomic mass is 14.9. The summed E-state index contributed by atoms with van der Waals surface area (Å²) in [4.78, 5) is 0. The molecular weight excluding hydrogens is 158 g/mol. The summed E-state index contributed by atoms with van der Waals surface area (Å²) in [7, 11) is 0. The van der Waals surface area contributed by atoms with Crippen molar-refractivity contribution in [2.75, 3.05) is 13.1 Å². The van der Waals surface area contributed by atoms with Gasteiger partial charge in [-0.25, -0.2) is 0 Å². The molecule has 1 aliphatic heterocycles. The van der Waals surface area contributed by atoms with E-state index in [0.29, 0.717) is 0 Å². The molecule has 2 aliphatic rings. The van der Waals surface area contributed by atoms with E-state index >= 15 is 0 Å². The number of rotatable bonds is 0. The molecule has 0 radical (unpaired) electrons. The maximum Gasteiger partial charge on any atom is 0.000781 e. The van der Waals surface area contributed by atoms with Crippen molar-refractivity contribution in [3.05, 3.63) is 0 Å². The van der Waals surface area contributed by atoms with Gasteiger partial charge in [-0.1, -0.05) is 33.1 Å². The second-order valence-electron chi connectivity index (χ2n) is 4.34. The molecule has 2 rings (SSSR count). The molecule has 0 unspecified atom stereocenters. The van der Waals surface area contributed by atoms with Gasteiger partial charge in [0.05, 0.1) is 0 Å². The smallest absolute Gasteiger partial charge is 0.000781 e. The van der Waals surface area contributed by atoms with E-state index in [1.54, 1.807) is 0 Å². The van der Waals surface area contributed by atoms with E-state index < -0.39 is 0 Å². The Morgan fingerprint density at radius 3 is 2.08 bits per heavy atom. The van der Waals surface area contributed by atoms with Crippen molar-refractivity contribution in [1.29, 1.82) is 0 Å². The zero-order valence-corrected chi connectivity index (χ0v) is 9.36. The fourth-order valence-corrected chi connectivity index (χ4v) is 2.76. The number of nitrogens with one attached hydrogen (secondary N) is 1. The van der Waals surface area contributed by atoms with Crippen LogP contribution in [0.15, 0.2) is 0 Å². The third-order valence-electron chi connectivity index (χ3n) is 3.47. The number of piperidine rings is 1. The normalized spacial score (nSPS) is 26.3. The van der Waals surface area contributed by atoms with Gasteiger partial charge in [0.15, 0.2) is 0 Å². The van der Waals surface area contributed by atoms with Gasteiger partial charge in [0.2, 0.25) is 0 Å². The van der Waals surface area contributed by atoms with Crippen molar-refractivity contribution >= 4 is 0 Å². The molecule has 1 spiro atoms. The van der Waals surface area contributed by atoms with Crippen molar-refractivity contribution in [2.45, 2.75) is 58.8 Å². The van der Waals surface area contributed by atoms with Gasteiger partial charge in [-0.2, -0.15) is 0 Å². The van der Waals surface area contributed by atoms with Crippen LogP contribution in [0.3, 0.4) is 0 Å². The molecule has 80 valence electrons. The SMILES string of the molecule is C1CCC2(CC1)CCCNC2.CC.[HH]. The molecule has 0 aromatic heterocycles. The van der Waals surface area contributed by atoms with Crippen molar-refractivity contribution in [3.63, 3.8) is 0 Å². The first-order valence-corrected chi connectivity index (χ1v) is 6.12. The van der Waals surface area contributed by atoms with Crippen LogP contribution in [0.25, 0.3) is 0 Å². The van der Waals surface area contributed by atoms with Gasteiger partial charge in [-0.3, -0.25) is 0 Å². The number of hydrogen-bond donors (Lipinski definition) is 1. The lowest BCUT2D eigenvalue weighted by molar-refractivity contribution is 0.140. The summed E-state index contributed by atoms with van der Waals surface area (Å²) in [5, 5.41) is 3.55. The molecule has 0 atom stereocenters. The summed E-state index contributed by atoms with van der Waals surface area (Å²) in [5.41, 5.74) is 0.747. The maximum atomic E-state index is 3.55. The summed E-state index contributed by atoms with van der Waals surface area (Å²) in [5.74, 6) is 0. The van der Waals surface area contributed by atoms with E-state index in [9.17, 15) is 0 Å². The van der Waals surface area contributed by atoms with Crippen LogP contribution in [0.5, 0.6) is 0 Å². The maximum absolute atomic E-state index is 3.55. The van der Waals surface area contributed by atoms with Gasteiger partial charge in [0.25, 0.3) is 0 Å². The first-order valence-electron chi connectivity index (χ1n) is 6.12. The van der Waals surface area contributed by atoms with Crippen LogP contribution in [-0.4, -0.2) is 13.1 Å². The van der Waals surface area contributed by atoms with Crippen LogP contribution in [-0.2, 0) is 0 Å². The van der Waals surface area contributed by atoms with E-state index in [-0.39, 0.29) is 1.43 Å². The summed E-state index contributed by atoms with van der Waals surface area (Å²) >= 11 is 0. The van der Waals surface area contributed by atoms with Gasteiger partial charge in [0, 0.05) is 7.97 Å². The fraction of sp³-hybridized carbons (Fsp3) is 1.00. The summed E-state index contributed by atoms with van der Waals surface area (Å²) < 4.78 is 0. The van der Waals surface area contributed by atoms with Gasteiger partial charge in [0.1, 0.15) is 0 Å². The zero-order chi connectivity index (χ0) is 9.57. The molecular formula is C12H27N.